The van der Waals surface area contributed by atoms with Gasteiger partial charge in [-0.3, -0.25) is 9.48 Å². The lowest BCUT2D eigenvalue weighted by molar-refractivity contribution is -0.118. The Morgan fingerprint density at radius 1 is 1.17 bits per heavy atom. The van der Waals surface area contributed by atoms with E-state index in [0.29, 0.717) is 6.54 Å². The van der Waals surface area contributed by atoms with Crippen LogP contribution in [0.4, 0.5) is 5.69 Å². The molecule has 7 heteroatoms. The average Bonchev–Trinajstić information content (AvgIpc) is 3.01. The summed E-state index contributed by atoms with van der Waals surface area (Å²) in [4.78, 5) is 16.4. The minimum atomic E-state index is -0.0331. The van der Waals surface area contributed by atoms with Gasteiger partial charge in [0, 0.05) is 36.9 Å². The van der Waals surface area contributed by atoms with Crippen molar-refractivity contribution in [3.8, 4) is 0 Å². The van der Waals surface area contributed by atoms with Crippen LogP contribution in [0.15, 0.2) is 35.3 Å². The second-order valence-corrected chi connectivity index (χ2v) is 7.47. The van der Waals surface area contributed by atoms with Crippen molar-refractivity contribution in [2.24, 2.45) is 10.9 Å². The fourth-order valence-electron chi connectivity index (χ4n) is 2.83. The molecule has 7 nitrogen and oxygen atoms in total. The second-order valence-electron chi connectivity index (χ2n) is 7.47. The van der Waals surface area contributed by atoms with Crippen LogP contribution in [0.25, 0.3) is 0 Å². The highest BCUT2D eigenvalue weighted by Gasteiger charge is 2.07. The van der Waals surface area contributed by atoms with Crippen molar-refractivity contribution in [1.82, 2.24) is 20.4 Å². The first-order chi connectivity index (χ1) is 13.9. The molecule has 0 unspecified atom stereocenters. The van der Waals surface area contributed by atoms with Gasteiger partial charge in [0.15, 0.2) is 5.96 Å². The molecule has 0 saturated carbocycles. The van der Waals surface area contributed by atoms with Crippen molar-refractivity contribution >= 4 is 17.6 Å². The van der Waals surface area contributed by atoms with Gasteiger partial charge in [-0.25, -0.2) is 4.99 Å². The molecule has 0 saturated heterocycles. The zero-order valence-electron chi connectivity index (χ0n) is 18.2. The molecule has 158 valence electrons. The molecular weight excluding hydrogens is 364 g/mol. The molecule has 1 heterocycles. The van der Waals surface area contributed by atoms with Gasteiger partial charge in [-0.1, -0.05) is 26.0 Å². The molecule has 0 aliphatic rings. The fraction of sp³-hybridized carbons (Fsp3) is 0.500. The molecular formula is C22H34N6O. The predicted octanol–water partition coefficient (Wildman–Crippen LogP) is 3.24. The van der Waals surface area contributed by atoms with E-state index in [9.17, 15) is 4.79 Å². The molecule has 2 aromatic rings. The lowest BCUT2D eigenvalue weighted by atomic mass is 10.2. The largest absolute Gasteiger partial charge is 0.357 e. The molecule has 0 bridgehead atoms. The number of aliphatic imine (C=N–C) groups is 1. The number of hydrogen-bond donors (Lipinski definition) is 3. The van der Waals surface area contributed by atoms with E-state index in [-0.39, 0.29) is 11.8 Å². The number of hydrogen-bond acceptors (Lipinski definition) is 3. The second kappa shape index (κ2) is 11.2. The Kier molecular flexibility index (Phi) is 8.70. The molecule has 29 heavy (non-hydrogen) atoms. The molecule has 1 aromatic heterocycles. The first-order valence-electron chi connectivity index (χ1n) is 10.3. The zero-order valence-corrected chi connectivity index (χ0v) is 18.2. The minimum absolute atomic E-state index is 0.0230. The maximum Gasteiger partial charge on any atom is 0.226 e. The summed E-state index contributed by atoms with van der Waals surface area (Å²) < 4.78 is 2.04. The predicted molar refractivity (Wildman–Crippen MR) is 119 cm³/mol. The van der Waals surface area contributed by atoms with E-state index in [1.807, 2.05) is 49.7 Å². The van der Waals surface area contributed by atoms with Crippen molar-refractivity contribution < 1.29 is 4.79 Å². The van der Waals surface area contributed by atoms with Gasteiger partial charge in [0.25, 0.3) is 0 Å². The maximum absolute atomic E-state index is 11.8. The fourth-order valence-corrected chi connectivity index (χ4v) is 2.83. The SMILES string of the molecule is CCNC(=NCc1ccc(NC(=O)C(C)C)cc1)NCCCn1nc(C)cc1C. The third-order valence-electron chi connectivity index (χ3n) is 4.45. The number of carbonyl (C=O) groups excluding carboxylic acids is 1. The van der Waals surface area contributed by atoms with Crippen LogP contribution in [0.1, 0.15) is 44.1 Å². The number of nitrogens with one attached hydrogen (secondary N) is 3. The highest BCUT2D eigenvalue weighted by Crippen LogP contribution is 2.11. The number of guanidine groups is 1. The number of amides is 1. The number of carbonyl (C=O) groups is 1. The van der Waals surface area contributed by atoms with Gasteiger partial charge in [0.2, 0.25) is 5.91 Å². The zero-order chi connectivity index (χ0) is 21.2. The Morgan fingerprint density at radius 3 is 2.48 bits per heavy atom. The highest BCUT2D eigenvalue weighted by molar-refractivity contribution is 5.92. The van der Waals surface area contributed by atoms with Crippen molar-refractivity contribution in [2.45, 2.75) is 54.1 Å². The molecule has 0 aliphatic heterocycles. The molecule has 1 aromatic carbocycles. The van der Waals surface area contributed by atoms with Crippen LogP contribution in [-0.2, 0) is 17.9 Å². The van der Waals surface area contributed by atoms with Crippen LogP contribution in [0.2, 0.25) is 0 Å². The van der Waals surface area contributed by atoms with Crippen LogP contribution < -0.4 is 16.0 Å². The monoisotopic (exact) mass is 398 g/mol. The summed E-state index contributed by atoms with van der Waals surface area (Å²) in [6.07, 6.45) is 0.969. The number of benzene rings is 1. The number of aryl methyl sites for hydroxylation is 3. The van der Waals surface area contributed by atoms with E-state index >= 15 is 0 Å². The van der Waals surface area contributed by atoms with E-state index in [0.717, 1.165) is 49.0 Å². The summed E-state index contributed by atoms with van der Waals surface area (Å²) in [6.45, 7) is 13.0. The molecule has 2 rings (SSSR count). The topological polar surface area (TPSA) is 83.3 Å². The Balaban J connectivity index is 1.83. The lowest BCUT2D eigenvalue weighted by Gasteiger charge is -2.12. The van der Waals surface area contributed by atoms with Crippen LogP contribution in [0, 0.1) is 19.8 Å². The van der Waals surface area contributed by atoms with Crippen molar-refractivity contribution in [3.05, 3.63) is 47.3 Å². The number of nitrogens with zero attached hydrogens (tertiary/aromatic N) is 3. The smallest absolute Gasteiger partial charge is 0.226 e. The van der Waals surface area contributed by atoms with E-state index < -0.39 is 0 Å². The van der Waals surface area contributed by atoms with Crippen molar-refractivity contribution in [3.63, 3.8) is 0 Å². The Hall–Kier alpha value is -2.83. The number of rotatable bonds is 9. The first kappa shape index (κ1) is 22.5. The number of anilines is 1. The van der Waals surface area contributed by atoms with Crippen LogP contribution in [0.3, 0.4) is 0 Å². The highest BCUT2D eigenvalue weighted by atomic mass is 16.1. The van der Waals surface area contributed by atoms with Gasteiger partial charge in [-0.05, 0) is 51.0 Å². The summed E-state index contributed by atoms with van der Waals surface area (Å²) >= 11 is 0. The Labute approximate surface area is 174 Å². The van der Waals surface area contributed by atoms with E-state index in [2.05, 4.69) is 46.0 Å². The van der Waals surface area contributed by atoms with Crippen LogP contribution in [0.5, 0.6) is 0 Å². The summed E-state index contributed by atoms with van der Waals surface area (Å²) in [6, 6.07) is 9.91. The van der Waals surface area contributed by atoms with Gasteiger partial charge in [-0.15, -0.1) is 0 Å². The van der Waals surface area contributed by atoms with Crippen molar-refractivity contribution in [1.29, 1.82) is 0 Å². The van der Waals surface area contributed by atoms with Crippen LogP contribution >= 0.6 is 0 Å². The maximum atomic E-state index is 11.8. The standard InChI is InChI=1S/C22H34N6O/c1-6-23-22(24-12-7-13-28-18(5)14-17(4)27-28)25-15-19-8-10-20(11-9-19)26-21(29)16(2)3/h8-11,14,16H,6-7,12-13,15H2,1-5H3,(H,26,29)(H2,23,24,25). The van der Waals surface area contributed by atoms with Crippen molar-refractivity contribution in [2.75, 3.05) is 18.4 Å². The lowest BCUT2D eigenvalue weighted by Crippen LogP contribution is -2.38. The third kappa shape index (κ3) is 7.60. The van der Waals surface area contributed by atoms with E-state index in [1.165, 1.54) is 5.69 Å². The summed E-state index contributed by atoms with van der Waals surface area (Å²) in [5.74, 6) is 0.794. The van der Waals surface area contributed by atoms with Gasteiger partial charge in [-0.2, -0.15) is 5.10 Å². The van der Waals surface area contributed by atoms with Gasteiger partial charge >= 0.3 is 0 Å². The molecule has 1 amide bonds. The minimum Gasteiger partial charge on any atom is -0.357 e. The summed E-state index contributed by atoms with van der Waals surface area (Å²) in [5, 5.41) is 14.0. The quantitative estimate of drug-likeness (QED) is 0.344. The summed E-state index contributed by atoms with van der Waals surface area (Å²) in [7, 11) is 0. The normalized spacial score (nSPS) is 11.6. The van der Waals surface area contributed by atoms with Gasteiger partial charge in [0.1, 0.15) is 0 Å². The average molecular weight is 399 g/mol. The van der Waals surface area contributed by atoms with E-state index in [1.54, 1.807) is 0 Å². The van der Waals surface area contributed by atoms with Crippen LogP contribution in [-0.4, -0.2) is 34.7 Å². The van der Waals surface area contributed by atoms with Gasteiger partial charge in [0.05, 0.1) is 12.2 Å². The van der Waals surface area contributed by atoms with Gasteiger partial charge < -0.3 is 16.0 Å². The molecule has 0 atom stereocenters. The Morgan fingerprint density at radius 2 is 1.90 bits per heavy atom. The molecule has 0 radical (unpaired) electrons. The molecule has 0 spiro atoms. The molecule has 0 aliphatic carbocycles. The molecule has 3 N–H and O–H groups in total. The third-order valence-corrected chi connectivity index (χ3v) is 4.45. The first-order valence-corrected chi connectivity index (χ1v) is 10.3. The Bertz CT molecular complexity index is 807. The molecule has 0 fully saturated rings. The summed E-state index contributed by atoms with van der Waals surface area (Å²) in [5.41, 5.74) is 4.15. The number of aromatic nitrogens is 2. The van der Waals surface area contributed by atoms with E-state index in [4.69, 9.17) is 0 Å².